The highest BCUT2D eigenvalue weighted by molar-refractivity contribution is 5.93. The molecule has 92 valence electrons. The number of carbonyl (C=O) groups is 2. The molecule has 0 fully saturated rings. The van der Waals surface area contributed by atoms with Crippen molar-refractivity contribution < 1.29 is 14.0 Å². The largest absolute Gasteiger partial charge is 0.350 e. The monoisotopic (exact) mass is 242 g/mol. The van der Waals surface area contributed by atoms with E-state index >= 15 is 0 Å². The van der Waals surface area contributed by atoms with E-state index in [9.17, 15) is 14.0 Å². The van der Waals surface area contributed by atoms with Gasteiger partial charge in [0.1, 0.15) is 5.82 Å². The van der Waals surface area contributed by atoms with Crippen LogP contribution in [0.1, 0.15) is 0 Å². The fourth-order valence-electron chi connectivity index (χ4n) is 1.09. The SMILES string of the molecule is NC(=O)N(N)c1cc(F)cc(N(N)C(N)=O)c1. The van der Waals surface area contributed by atoms with Crippen LogP contribution in [0, 0.1) is 5.82 Å². The second kappa shape index (κ2) is 4.63. The molecule has 0 unspecified atom stereocenters. The maximum Gasteiger partial charge on any atom is 0.333 e. The Bertz CT molecular complexity index is 427. The summed E-state index contributed by atoms with van der Waals surface area (Å²) in [5, 5.41) is 1.00. The van der Waals surface area contributed by atoms with E-state index in [-0.39, 0.29) is 11.4 Å². The average Bonchev–Trinajstić information content (AvgIpc) is 2.25. The van der Waals surface area contributed by atoms with Crippen molar-refractivity contribution in [3.63, 3.8) is 0 Å². The first-order valence-electron chi connectivity index (χ1n) is 4.32. The number of anilines is 2. The Morgan fingerprint density at radius 3 is 1.59 bits per heavy atom. The molecule has 1 aromatic carbocycles. The van der Waals surface area contributed by atoms with Crippen LogP contribution < -0.4 is 33.2 Å². The van der Waals surface area contributed by atoms with Gasteiger partial charge in [0.05, 0.1) is 11.4 Å². The van der Waals surface area contributed by atoms with E-state index in [1.165, 1.54) is 6.07 Å². The maximum absolute atomic E-state index is 13.2. The van der Waals surface area contributed by atoms with Crippen LogP contribution in [0.5, 0.6) is 0 Å². The topological polar surface area (TPSA) is 145 Å². The van der Waals surface area contributed by atoms with Crippen molar-refractivity contribution in [3.05, 3.63) is 24.0 Å². The van der Waals surface area contributed by atoms with Gasteiger partial charge in [-0.3, -0.25) is 0 Å². The first-order chi connectivity index (χ1) is 7.82. The van der Waals surface area contributed by atoms with Crippen LogP contribution in [0.3, 0.4) is 0 Å². The highest BCUT2D eigenvalue weighted by Crippen LogP contribution is 2.21. The van der Waals surface area contributed by atoms with Crippen LogP contribution in [0.25, 0.3) is 0 Å². The second-order valence-corrected chi connectivity index (χ2v) is 3.08. The summed E-state index contributed by atoms with van der Waals surface area (Å²) in [5.74, 6) is 9.78. The van der Waals surface area contributed by atoms with Gasteiger partial charge in [-0.1, -0.05) is 0 Å². The number of primary amides is 2. The number of hydrazine groups is 2. The van der Waals surface area contributed by atoms with E-state index in [1.807, 2.05) is 0 Å². The molecular formula is C8H11FN6O2. The minimum absolute atomic E-state index is 0.0656. The molecule has 9 heteroatoms. The molecule has 0 spiro atoms. The van der Waals surface area contributed by atoms with E-state index in [0.29, 0.717) is 10.0 Å². The molecular weight excluding hydrogens is 231 g/mol. The van der Waals surface area contributed by atoms with Crippen molar-refractivity contribution in [2.45, 2.75) is 0 Å². The Morgan fingerprint density at radius 2 is 1.29 bits per heavy atom. The summed E-state index contributed by atoms with van der Waals surface area (Å²) >= 11 is 0. The lowest BCUT2D eigenvalue weighted by Crippen LogP contribution is -2.43. The highest BCUT2D eigenvalue weighted by atomic mass is 19.1. The zero-order chi connectivity index (χ0) is 13.2. The highest BCUT2D eigenvalue weighted by Gasteiger charge is 2.14. The van der Waals surface area contributed by atoms with Gasteiger partial charge in [-0.2, -0.15) is 0 Å². The lowest BCUT2D eigenvalue weighted by Gasteiger charge is -2.18. The molecule has 0 radical (unpaired) electrons. The summed E-state index contributed by atoms with van der Waals surface area (Å²) < 4.78 is 13.2. The van der Waals surface area contributed by atoms with Crippen LogP contribution in [0.15, 0.2) is 18.2 Å². The Hall–Kier alpha value is -2.39. The number of nitrogens with two attached hydrogens (primary N) is 4. The van der Waals surface area contributed by atoms with Gasteiger partial charge >= 0.3 is 12.1 Å². The first kappa shape index (κ1) is 12.7. The van der Waals surface area contributed by atoms with E-state index in [2.05, 4.69) is 0 Å². The summed E-state index contributed by atoms with van der Waals surface area (Å²) in [6, 6.07) is 1.08. The standard InChI is InChI=1S/C8H11FN6O2/c9-4-1-5(14(12)7(10)16)3-6(2-4)15(13)8(11)17/h1-3H,12-13H2,(H2,10,16)(H2,11,17). The molecule has 0 aromatic heterocycles. The molecule has 17 heavy (non-hydrogen) atoms. The van der Waals surface area contributed by atoms with Crippen LogP contribution in [-0.2, 0) is 0 Å². The van der Waals surface area contributed by atoms with E-state index in [0.717, 1.165) is 12.1 Å². The van der Waals surface area contributed by atoms with Gasteiger partial charge in [0.15, 0.2) is 0 Å². The molecule has 0 saturated carbocycles. The quantitative estimate of drug-likeness (QED) is 0.310. The summed E-state index contributed by atoms with van der Waals surface area (Å²) in [5.41, 5.74) is 9.68. The molecule has 1 rings (SSSR count). The number of hydrogen-bond acceptors (Lipinski definition) is 4. The Morgan fingerprint density at radius 1 is 0.941 bits per heavy atom. The summed E-state index contributed by atoms with van der Waals surface area (Å²) in [7, 11) is 0. The van der Waals surface area contributed by atoms with Gasteiger partial charge in [-0.15, -0.1) is 0 Å². The molecule has 0 saturated heterocycles. The number of rotatable bonds is 2. The minimum Gasteiger partial charge on any atom is -0.350 e. The number of urea groups is 2. The van der Waals surface area contributed by atoms with E-state index < -0.39 is 17.9 Å². The number of nitrogens with zero attached hydrogens (tertiary/aromatic N) is 2. The molecule has 8 nitrogen and oxygen atoms in total. The van der Waals surface area contributed by atoms with Crippen molar-refractivity contribution in [1.29, 1.82) is 0 Å². The molecule has 0 aliphatic rings. The van der Waals surface area contributed by atoms with Gasteiger partial charge in [0, 0.05) is 0 Å². The average molecular weight is 242 g/mol. The van der Waals surface area contributed by atoms with E-state index in [4.69, 9.17) is 23.2 Å². The molecule has 0 bridgehead atoms. The fourth-order valence-corrected chi connectivity index (χ4v) is 1.09. The second-order valence-electron chi connectivity index (χ2n) is 3.08. The third-order valence-electron chi connectivity index (χ3n) is 1.90. The molecule has 4 amide bonds. The summed E-state index contributed by atoms with van der Waals surface area (Å²) in [6.45, 7) is 0. The number of carbonyl (C=O) groups excluding carboxylic acids is 2. The van der Waals surface area contributed by atoms with Gasteiger partial charge < -0.3 is 11.5 Å². The number of halogens is 1. The molecule has 0 heterocycles. The zero-order valence-corrected chi connectivity index (χ0v) is 8.63. The Labute approximate surface area is 95.5 Å². The van der Waals surface area contributed by atoms with Gasteiger partial charge in [0.25, 0.3) is 0 Å². The minimum atomic E-state index is -0.996. The molecule has 0 aliphatic heterocycles. The summed E-state index contributed by atoms with van der Waals surface area (Å²) in [6.07, 6.45) is 0. The predicted molar refractivity (Wildman–Crippen MR) is 58.9 cm³/mol. The number of hydrogen-bond donors (Lipinski definition) is 4. The van der Waals surface area contributed by atoms with Gasteiger partial charge in [-0.05, 0) is 18.2 Å². The number of amides is 4. The smallest absolute Gasteiger partial charge is 0.333 e. The Balaban J connectivity index is 3.19. The molecule has 8 N–H and O–H groups in total. The van der Waals surface area contributed by atoms with Crippen molar-refractivity contribution in [2.24, 2.45) is 23.2 Å². The molecule has 0 atom stereocenters. The third-order valence-corrected chi connectivity index (χ3v) is 1.90. The molecule has 0 aliphatic carbocycles. The van der Waals surface area contributed by atoms with Gasteiger partial charge in [-0.25, -0.2) is 35.7 Å². The van der Waals surface area contributed by atoms with Crippen molar-refractivity contribution in [1.82, 2.24) is 0 Å². The number of benzene rings is 1. The van der Waals surface area contributed by atoms with Gasteiger partial charge in [0.2, 0.25) is 0 Å². The van der Waals surface area contributed by atoms with Crippen LogP contribution in [0.4, 0.5) is 25.4 Å². The van der Waals surface area contributed by atoms with Crippen LogP contribution >= 0.6 is 0 Å². The zero-order valence-electron chi connectivity index (χ0n) is 8.63. The van der Waals surface area contributed by atoms with Crippen molar-refractivity contribution in [2.75, 3.05) is 10.0 Å². The lowest BCUT2D eigenvalue weighted by atomic mass is 10.2. The normalized spacial score (nSPS) is 9.82. The lowest BCUT2D eigenvalue weighted by molar-refractivity contribution is 0.253. The van der Waals surface area contributed by atoms with Crippen LogP contribution in [0.2, 0.25) is 0 Å². The fraction of sp³-hybridized carbons (Fsp3) is 0. The molecule has 1 aromatic rings. The van der Waals surface area contributed by atoms with Crippen LogP contribution in [-0.4, -0.2) is 12.1 Å². The summed E-state index contributed by atoms with van der Waals surface area (Å²) in [4.78, 5) is 21.6. The van der Waals surface area contributed by atoms with Crippen molar-refractivity contribution in [3.8, 4) is 0 Å². The maximum atomic E-state index is 13.2. The van der Waals surface area contributed by atoms with E-state index in [1.54, 1.807) is 0 Å². The third kappa shape index (κ3) is 2.80. The predicted octanol–water partition coefficient (Wildman–Crippen LogP) is -0.657. The Kier molecular flexibility index (Phi) is 3.46. The first-order valence-corrected chi connectivity index (χ1v) is 4.32. The van der Waals surface area contributed by atoms with Crippen molar-refractivity contribution >= 4 is 23.4 Å².